The number of rotatable bonds is 5. The van der Waals surface area contributed by atoms with Gasteiger partial charge in [-0.1, -0.05) is 32.9 Å². The summed E-state index contributed by atoms with van der Waals surface area (Å²) in [5.41, 5.74) is -0.146. The molecule has 39 heavy (non-hydrogen) atoms. The maximum absolute atomic E-state index is 13.9. The fourth-order valence-corrected chi connectivity index (χ4v) is 6.54. The third-order valence-corrected chi connectivity index (χ3v) is 13.3. The molecule has 2 heterocycles. The molecule has 2 atom stereocenters. The quantitative estimate of drug-likeness (QED) is 0.358. The molecular formula is C28H37F3N4O3Si. The Hall–Kier alpha value is -2.66. The van der Waals surface area contributed by atoms with Crippen LogP contribution in [0.2, 0.25) is 18.1 Å². The van der Waals surface area contributed by atoms with Crippen LogP contribution in [0.15, 0.2) is 24.3 Å². The predicted octanol–water partition coefficient (Wildman–Crippen LogP) is 5.47. The second-order valence-corrected chi connectivity index (χ2v) is 17.3. The Morgan fingerprint density at radius 1 is 1.13 bits per heavy atom. The Labute approximate surface area is 228 Å². The first-order valence-electron chi connectivity index (χ1n) is 13.6. The number of carbonyl (C=O) groups is 2. The summed E-state index contributed by atoms with van der Waals surface area (Å²) in [5, 5.41) is 0.0279. The van der Waals surface area contributed by atoms with Crippen LogP contribution in [0, 0.1) is 0 Å². The second kappa shape index (κ2) is 9.47. The minimum Gasteiger partial charge on any atom is -0.408 e. The van der Waals surface area contributed by atoms with Crippen molar-refractivity contribution in [2.24, 2.45) is 7.05 Å². The molecular weight excluding hydrogens is 525 g/mol. The summed E-state index contributed by atoms with van der Waals surface area (Å²) in [6.07, 6.45) is 1.70. The largest absolute Gasteiger partial charge is 0.418 e. The highest BCUT2D eigenvalue weighted by Crippen LogP contribution is 2.44. The molecule has 2 aromatic rings. The number of fused-ring (bicyclic) bond motifs is 1. The number of hydrogen-bond acceptors (Lipinski definition) is 4. The van der Waals surface area contributed by atoms with Crippen molar-refractivity contribution in [3.63, 3.8) is 0 Å². The van der Waals surface area contributed by atoms with Gasteiger partial charge in [-0.2, -0.15) is 13.2 Å². The lowest BCUT2D eigenvalue weighted by Crippen LogP contribution is -2.58. The predicted molar refractivity (Wildman–Crippen MR) is 145 cm³/mol. The van der Waals surface area contributed by atoms with Crippen LogP contribution in [0.3, 0.4) is 0 Å². The average Bonchev–Trinajstić information content (AvgIpc) is 3.51. The molecule has 11 heteroatoms. The summed E-state index contributed by atoms with van der Waals surface area (Å²) in [4.78, 5) is 34.1. The third kappa shape index (κ3) is 5.15. The second-order valence-electron chi connectivity index (χ2n) is 12.6. The Morgan fingerprint density at radius 3 is 2.41 bits per heavy atom. The minimum atomic E-state index is -4.59. The number of imidazole rings is 1. The minimum absolute atomic E-state index is 0.0279. The van der Waals surface area contributed by atoms with Crippen molar-refractivity contribution in [1.29, 1.82) is 0 Å². The van der Waals surface area contributed by atoms with Crippen LogP contribution >= 0.6 is 0 Å². The topological polar surface area (TPSA) is 67.7 Å². The molecule has 1 saturated heterocycles. The van der Waals surface area contributed by atoms with Crippen molar-refractivity contribution in [2.75, 3.05) is 19.6 Å². The SMILES string of the molecule is Cn1c(C(=O)N2CCN([C@H]3CC=C[C@@H]3O[Si](C)(C)C(C)(C)C)C(=O)C2)nc2c(C(F)(F)F)cc(C3CC3)cc21. The van der Waals surface area contributed by atoms with Crippen molar-refractivity contribution < 1.29 is 27.2 Å². The van der Waals surface area contributed by atoms with Crippen molar-refractivity contribution in [1.82, 2.24) is 19.4 Å². The van der Waals surface area contributed by atoms with Crippen LogP contribution < -0.4 is 0 Å². The summed E-state index contributed by atoms with van der Waals surface area (Å²) >= 11 is 0. The Kier molecular flexibility index (Phi) is 6.77. The first-order valence-corrected chi connectivity index (χ1v) is 16.5. The van der Waals surface area contributed by atoms with E-state index in [0.29, 0.717) is 18.5 Å². The third-order valence-electron chi connectivity index (χ3n) is 8.82. The zero-order chi connectivity index (χ0) is 28.5. The molecule has 1 aliphatic heterocycles. The maximum Gasteiger partial charge on any atom is 0.418 e. The highest BCUT2D eigenvalue weighted by molar-refractivity contribution is 6.74. The summed E-state index contributed by atoms with van der Waals surface area (Å²) in [6, 6.07) is 2.75. The van der Waals surface area contributed by atoms with Gasteiger partial charge in [0.25, 0.3) is 5.91 Å². The van der Waals surface area contributed by atoms with E-state index in [0.717, 1.165) is 12.8 Å². The van der Waals surface area contributed by atoms with Gasteiger partial charge < -0.3 is 18.8 Å². The number of amides is 2. The molecule has 1 saturated carbocycles. The smallest absolute Gasteiger partial charge is 0.408 e. The fraction of sp³-hybridized carbons (Fsp3) is 0.607. The summed E-state index contributed by atoms with van der Waals surface area (Å²) in [5.74, 6) is -0.713. The lowest BCUT2D eigenvalue weighted by Gasteiger charge is -2.43. The highest BCUT2D eigenvalue weighted by Gasteiger charge is 2.44. The zero-order valence-corrected chi connectivity index (χ0v) is 24.4. The number of carbonyl (C=O) groups excluding carboxylic acids is 2. The molecule has 2 amide bonds. The van der Waals surface area contributed by atoms with Gasteiger partial charge in [0.2, 0.25) is 5.91 Å². The van der Waals surface area contributed by atoms with E-state index in [2.05, 4.69) is 38.8 Å². The van der Waals surface area contributed by atoms with E-state index in [1.165, 1.54) is 15.5 Å². The Bertz CT molecular complexity index is 1340. The number of halogens is 3. The maximum atomic E-state index is 13.9. The molecule has 2 fully saturated rings. The van der Waals surface area contributed by atoms with Gasteiger partial charge in [-0.25, -0.2) is 4.98 Å². The van der Waals surface area contributed by atoms with Crippen LogP contribution in [0.4, 0.5) is 13.2 Å². The molecule has 0 bridgehead atoms. The van der Waals surface area contributed by atoms with E-state index in [-0.39, 0.29) is 59.0 Å². The van der Waals surface area contributed by atoms with Crippen LogP contribution in [-0.2, 0) is 22.4 Å². The number of aromatic nitrogens is 2. The first kappa shape index (κ1) is 27.9. The molecule has 3 aliphatic rings. The summed E-state index contributed by atoms with van der Waals surface area (Å²) in [7, 11) is -0.506. The fourth-order valence-electron chi connectivity index (χ4n) is 5.27. The molecule has 0 spiro atoms. The zero-order valence-electron chi connectivity index (χ0n) is 23.4. The first-order chi connectivity index (χ1) is 18.1. The van der Waals surface area contributed by atoms with Crippen molar-refractivity contribution >= 4 is 31.2 Å². The van der Waals surface area contributed by atoms with Crippen LogP contribution in [0.5, 0.6) is 0 Å². The Balaban J connectivity index is 1.35. The van der Waals surface area contributed by atoms with Gasteiger partial charge in [0.1, 0.15) is 12.1 Å². The normalized spacial score (nSPS) is 22.8. The van der Waals surface area contributed by atoms with Gasteiger partial charge in [-0.05, 0) is 61.0 Å². The lowest BCUT2D eigenvalue weighted by atomic mass is 10.0. The van der Waals surface area contributed by atoms with Crippen molar-refractivity contribution in [3.8, 4) is 0 Å². The summed E-state index contributed by atoms with van der Waals surface area (Å²) in [6.45, 7) is 11.3. The van der Waals surface area contributed by atoms with Gasteiger partial charge in [0.05, 0.1) is 23.2 Å². The molecule has 212 valence electrons. The van der Waals surface area contributed by atoms with E-state index in [1.54, 1.807) is 18.0 Å². The molecule has 0 radical (unpaired) electrons. The Morgan fingerprint density at radius 2 is 1.82 bits per heavy atom. The van der Waals surface area contributed by atoms with E-state index in [4.69, 9.17) is 4.43 Å². The van der Waals surface area contributed by atoms with Gasteiger partial charge >= 0.3 is 6.18 Å². The summed E-state index contributed by atoms with van der Waals surface area (Å²) < 4.78 is 49.8. The number of hydrogen-bond donors (Lipinski definition) is 0. The van der Waals surface area contributed by atoms with Crippen molar-refractivity contribution in [3.05, 3.63) is 41.2 Å². The van der Waals surface area contributed by atoms with Crippen LogP contribution in [0.1, 0.15) is 67.7 Å². The van der Waals surface area contributed by atoms with Gasteiger partial charge in [-0.15, -0.1) is 0 Å². The number of alkyl halides is 3. The standard InChI is InChI=1S/C28H37F3N4O3Si/c1-27(2,3)39(5,6)38-22-9-7-8-20(22)35-13-12-34(16-23(35)36)26(37)25-32-24-19(28(29,30)31)14-18(17-10-11-17)15-21(24)33(25)4/h7,9,14-15,17,20,22H,8,10-13,16H2,1-6H3/t20-,22-/m0/s1. The van der Waals surface area contributed by atoms with E-state index in [9.17, 15) is 22.8 Å². The number of benzene rings is 1. The molecule has 0 N–H and O–H groups in total. The highest BCUT2D eigenvalue weighted by atomic mass is 28.4. The van der Waals surface area contributed by atoms with E-state index >= 15 is 0 Å². The number of nitrogens with zero attached hydrogens (tertiary/aromatic N) is 4. The number of aryl methyl sites for hydroxylation is 1. The van der Waals surface area contributed by atoms with Gasteiger partial charge in [0, 0.05) is 20.1 Å². The monoisotopic (exact) mass is 562 g/mol. The number of piperazine rings is 1. The van der Waals surface area contributed by atoms with Gasteiger partial charge in [0.15, 0.2) is 14.1 Å². The molecule has 7 nitrogen and oxygen atoms in total. The molecule has 0 unspecified atom stereocenters. The van der Waals surface area contributed by atoms with E-state index < -0.39 is 26.0 Å². The van der Waals surface area contributed by atoms with E-state index in [1.807, 2.05) is 12.2 Å². The molecule has 5 rings (SSSR count). The average molecular weight is 563 g/mol. The van der Waals surface area contributed by atoms with Crippen molar-refractivity contribution in [2.45, 2.75) is 82.4 Å². The van der Waals surface area contributed by atoms with Gasteiger partial charge in [-0.3, -0.25) is 9.59 Å². The van der Waals surface area contributed by atoms with Crippen LogP contribution in [0.25, 0.3) is 11.0 Å². The lowest BCUT2D eigenvalue weighted by molar-refractivity contribution is -0.139. The molecule has 1 aromatic heterocycles. The van der Waals surface area contributed by atoms with Crippen LogP contribution in [-0.4, -0.2) is 71.3 Å². The molecule has 1 aromatic carbocycles. The molecule has 2 aliphatic carbocycles.